The average Bonchev–Trinajstić information content (AvgIpc) is 3.12. The molecule has 0 saturated heterocycles. The summed E-state index contributed by atoms with van der Waals surface area (Å²) >= 11 is 0. The molecule has 0 atom stereocenters. The fourth-order valence-corrected chi connectivity index (χ4v) is 3.85. The van der Waals surface area contributed by atoms with Crippen LogP contribution in [0, 0.1) is 6.92 Å². The number of esters is 1. The van der Waals surface area contributed by atoms with Gasteiger partial charge in [-0.25, -0.2) is 4.79 Å². The normalized spacial score (nSPS) is 13.4. The molecule has 1 aliphatic heterocycles. The zero-order valence-corrected chi connectivity index (χ0v) is 15.6. The van der Waals surface area contributed by atoms with Crippen molar-refractivity contribution in [2.45, 2.75) is 34.2 Å². The second kappa shape index (κ2) is 6.13. The van der Waals surface area contributed by atoms with Crippen LogP contribution in [0.2, 0.25) is 0 Å². The summed E-state index contributed by atoms with van der Waals surface area (Å²) in [5, 5.41) is 1.09. The molecular weight excluding hydrogens is 324 g/mol. The van der Waals surface area contributed by atoms with E-state index in [0.717, 1.165) is 34.3 Å². The van der Waals surface area contributed by atoms with Crippen molar-refractivity contribution in [1.82, 2.24) is 4.98 Å². The molecule has 0 unspecified atom stereocenters. The van der Waals surface area contributed by atoms with Crippen LogP contribution in [0.5, 0.6) is 0 Å². The van der Waals surface area contributed by atoms with Crippen LogP contribution in [-0.4, -0.2) is 17.6 Å². The van der Waals surface area contributed by atoms with Crippen molar-refractivity contribution < 1.29 is 14.1 Å². The first-order valence-electron chi connectivity index (χ1n) is 9.01. The summed E-state index contributed by atoms with van der Waals surface area (Å²) in [5.74, 6) is -0.297. The molecule has 0 bridgehead atoms. The largest absolute Gasteiger partial charge is 0.461 e. The lowest BCUT2D eigenvalue weighted by atomic mass is 10.0. The standard InChI is InChI=1S/C22H22N2O2/c1-5-26-22(25)20-15(4)19-17(23-20)11-18-14(3)13(2)12-24(18)21(19)16-9-7-6-8-10-16/h6-11H,5,12H2,1-4H3/p+1. The molecule has 3 aromatic rings. The van der Waals surface area contributed by atoms with Crippen LogP contribution in [0.25, 0.3) is 27.7 Å². The predicted octanol–water partition coefficient (Wildman–Crippen LogP) is 4.41. The lowest BCUT2D eigenvalue weighted by Gasteiger charge is -2.07. The fraction of sp³-hybridized carbons (Fsp3) is 0.273. The quantitative estimate of drug-likeness (QED) is 0.563. The number of aromatic nitrogens is 2. The zero-order valence-electron chi connectivity index (χ0n) is 15.6. The summed E-state index contributed by atoms with van der Waals surface area (Å²) in [5.41, 5.74) is 8.64. The van der Waals surface area contributed by atoms with E-state index in [1.54, 1.807) is 0 Å². The number of hydrogen-bond acceptors (Lipinski definition) is 2. The van der Waals surface area contributed by atoms with Gasteiger partial charge in [-0.2, -0.15) is 4.57 Å². The van der Waals surface area contributed by atoms with Crippen LogP contribution in [-0.2, 0) is 11.3 Å². The van der Waals surface area contributed by atoms with Gasteiger partial charge >= 0.3 is 5.97 Å². The molecule has 0 saturated carbocycles. The Balaban J connectivity index is 2.07. The van der Waals surface area contributed by atoms with Crippen LogP contribution in [0.4, 0.5) is 0 Å². The van der Waals surface area contributed by atoms with Crippen LogP contribution in [0.3, 0.4) is 0 Å². The first-order chi connectivity index (χ1) is 12.5. The SMILES string of the molecule is CCOC(=O)c1[nH]c2cc3[n+](c(-c4ccccc4)c2c1C)CC(C)=C3C. The molecule has 0 aliphatic carbocycles. The Bertz CT molecular complexity index is 1060. The molecule has 0 fully saturated rings. The minimum atomic E-state index is -0.297. The number of aryl methyl sites for hydroxylation is 1. The van der Waals surface area contributed by atoms with Gasteiger partial charge in [-0.05, 0) is 45.4 Å². The molecule has 0 radical (unpaired) electrons. The molecule has 0 amide bonds. The Morgan fingerprint density at radius 1 is 1.19 bits per heavy atom. The van der Waals surface area contributed by atoms with Gasteiger partial charge in [0.25, 0.3) is 0 Å². The van der Waals surface area contributed by atoms with Gasteiger partial charge in [0.15, 0.2) is 6.54 Å². The summed E-state index contributed by atoms with van der Waals surface area (Å²) in [6.07, 6.45) is 0. The molecule has 26 heavy (non-hydrogen) atoms. The fourth-order valence-electron chi connectivity index (χ4n) is 3.85. The first kappa shape index (κ1) is 16.6. The molecule has 1 N–H and O–H groups in total. The third-order valence-electron chi connectivity index (χ3n) is 5.30. The van der Waals surface area contributed by atoms with E-state index in [1.165, 1.54) is 16.8 Å². The topological polar surface area (TPSA) is 46.0 Å². The minimum absolute atomic E-state index is 0.297. The van der Waals surface area contributed by atoms with Crippen LogP contribution < -0.4 is 4.57 Å². The molecule has 2 aromatic heterocycles. The average molecular weight is 347 g/mol. The number of carbonyl (C=O) groups excluding carboxylic acids is 1. The van der Waals surface area contributed by atoms with Gasteiger partial charge in [0.1, 0.15) is 5.69 Å². The van der Waals surface area contributed by atoms with Gasteiger partial charge in [-0.3, -0.25) is 0 Å². The van der Waals surface area contributed by atoms with Crippen molar-refractivity contribution in [3.63, 3.8) is 0 Å². The zero-order chi connectivity index (χ0) is 18.4. The maximum Gasteiger partial charge on any atom is 0.355 e. The monoisotopic (exact) mass is 347 g/mol. The molecular formula is C22H23N2O2+. The Hall–Kier alpha value is -2.88. The van der Waals surface area contributed by atoms with Gasteiger partial charge in [0.2, 0.25) is 11.4 Å². The molecule has 132 valence electrons. The minimum Gasteiger partial charge on any atom is -0.461 e. The second-order valence-electron chi connectivity index (χ2n) is 6.87. The smallest absolute Gasteiger partial charge is 0.355 e. The predicted molar refractivity (Wildman–Crippen MR) is 103 cm³/mol. The van der Waals surface area contributed by atoms with E-state index in [4.69, 9.17) is 4.74 Å². The van der Waals surface area contributed by atoms with Crippen molar-refractivity contribution in [3.05, 3.63) is 58.9 Å². The summed E-state index contributed by atoms with van der Waals surface area (Å²) in [4.78, 5) is 15.7. The molecule has 0 spiro atoms. The van der Waals surface area contributed by atoms with E-state index < -0.39 is 0 Å². The van der Waals surface area contributed by atoms with Gasteiger partial charge in [0.05, 0.1) is 17.5 Å². The molecule has 4 heteroatoms. The third kappa shape index (κ3) is 2.37. The number of aromatic amines is 1. The third-order valence-corrected chi connectivity index (χ3v) is 5.30. The Morgan fingerprint density at radius 3 is 2.62 bits per heavy atom. The molecule has 4 nitrogen and oxygen atoms in total. The van der Waals surface area contributed by atoms with Crippen molar-refractivity contribution in [2.24, 2.45) is 0 Å². The maximum atomic E-state index is 12.4. The Labute approximate surface area is 153 Å². The summed E-state index contributed by atoms with van der Waals surface area (Å²) in [7, 11) is 0. The highest BCUT2D eigenvalue weighted by Gasteiger charge is 2.32. The highest BCUT2D eigenvalue weighted by atomic mass is 16.5. The van der Waals surface area contributed by atoms with Gasteiger partial charge in [-0.15, -0.1) is 0 Å². The lowest BCUT2D eigenvalue weighted by Crippen LogP contribution is -2.37. The second-order valence-corrected chi connectivity index (χ2v) is 6.87. The highest BCUT2D eigenvalue weighted by molar-refractivity contribution is 6.03. The van der Waals surface area contributed by atoms with Crippen molar-refractivity contribution in [3.8, 4) is 11.3 Å². The molecule has 1 aromatic carbocycles. The number of rotatable bonds is 3. The van der Waals surface area contributed by atoms with E-state index in [0.29, 0.717) is 12.3 Å². The van der Waals surface area contributed by atoms with E-state index in [9.17, 15) is 4.79 Å². The van der Waals surface area contributed by atoms with E-state index in [2.05, 4.69) is 53.7 Å². The van der Waals surface area contributed by atoms with E-state index in [1.807, 2.05) is 19.9 Å². The van der Waals surface area contributed by atoms with Crippen LogP contribution in [0.1, 0.15) is 42.5 Å². The number of nitrogens with one attached hydrogen (secondary N) is 1. The lowest BCUT2D eigenvalue weighted by molar-refractivity contribution is -0.674. The van der Waals surface area contributed by atoms with Crippen molar-refractivity contribution >= 4 is 22.4 Å². The molecule has 4 rings (SSSR count). The summed E-state index contributed by atoms with van der Waals surface area (Å²) < 4.78 is 7.60. The number of carbonyl (C=O) groups is 1. The van der Waals surface area contributed by atoms with E-state index in [-0.39, 0.29) is 5.97 Å². The van der Waals surface area contributed by atoms with Crippen molar-refractivity contribution in [1.29, 1.82) is 0 Å². The Kier molecular flexibility index (Phi) is 3.91. The van der Waals surface area contributed by atoms with Crippen LogP contribution >= 0.6 is 0 Å². The van der Waals surface area contributed by atoms with Gasteiger partial charge in [0, 0.05) is 22.8 Å². The summed E-state index contributed by atoms with van der Waals surface area (Å²) in [6, 6.07) is 12.5. The number of pyridine rings is 1. The van der Waals surface area contributed by atoms with E-state index >= 15 is 0 Å². The summed E-state index contributed by atoms with van der Waals surface area (Å²) in [6.45, 7) is 9.41. The number of H-pyrrole nitrogens is 1. The van der Waals surface area contributed by atoms with Gasteiger partial charge < -0.3 is 9.72 Å². The first-order valence-corrected chi connectivity index (χ1v) is 9.01. The number of hydrogen-bond donors (Lipinski definition) is 1. The molecule has 3 heterocycles. The number of ether oxygens (including phenoxy) is 1. The van der Waals surface area contributed by atoms with Gasteiger partial charge in [-0.1, -0.05) is 18.2 Å². The maximum absolute atomic E-state index is 12.4. The van der Waals surface area contributed by atoms with Crippen LogP contribution in [0.15, 0.2) is 42.0 Å². The molecule has 1 aliphatic rings. The number of nitrogens with zero attached hydrogens (tertiary/aromatic N) is 1. The van der Waals surface area contributed by atoms with Crippen molar-refractivity contribution in [2.75, 3.05) is 6.61 Å². The number of allylic oxidation sites excluding steroid dienone is 2. The Morgan fingerprint density at radius 2 is 1.92 bits per heavy atom. The number of fused-ring (bicyclic) bond motifs is 2. The number of benzene rings is 1. The highest BCUT2D eigenvalue weighted by Crippen LogP contribution is 2.35.